The Morgan fingerprint density at radius 2 is 2.31 bits per heavy atom. The molecule has 1 aliphatic rings. The third-order valence-electron chi connectivity index (χ3n) is 3.42. The highest BCUT2D eigenvalue weighted by Crippen LogP contribution is 2.39. The SMILES string of the molecule is COC1(CC(N)Cc2ccc(Cl)s2)CCC1. The monoisotopic (exact) mass is 259 g/mol. The summed E-state index contributed by atoms with van der Waals surface area (Å²) in [6, 6.07) is 4.17. The summed E-state index contributed by atoms with van der Waals surface area (Å²) in [5.41, 5.74) is 6.24. The predicted octanol–water partition coefficient (Wildman–Crippen LogP) is 3.23. The van der Waals surface area contributed by atoms with Crippen LogP contribution in [0.15, 0.2) is 12.1 Å². The van der Waals surface area contributed by atoms with E-state index in [-0.39, 0.29) is 11.6 Å². The van der Waals surface area contributed by atoms with Gasteiger partial charge in [-0.1, -0.05) is 11.6 Å². The molecule has 2 nitrogen and oxygen atoms in total. The third kappa shape index (κ3) is 2.77. The van der Waals surface area contributed by atoms with Crippen LogP contribution in [0.2, 0.25) is 4.34 Å². The summed E-state index contributed by atoms with van der Waals surface area (Å²) >= 11 is 7.52. The summed E-state index contributed by atoms with van der Waals surface area (Å²) < 4.78 is 6.42. The molecule has 1 atom stereocenters. The zero-order valence-corrected chi connectivity index (χ0v) is 11.1. The van der Waals surface area contributed by atoms with E-state index >= 15 is 0 Å². The van der Waals surface area contributed by atoms with Crippen molar-refractivity contribution < 1.29 is 4.74 Å². The van der Waals surface area contributed by atoms with Crippen LogP contribution in [0.5, 0.6) is 0 Å². The van der Waals surface area contributed by atoms with Gasteiger partial charge in [-0.15, -0.1) is 11.3 Å². The Morgan fingerprint density at radius 3 is 2.75 bits per heavy atom. The number of hydrogen-bond donors (Lipinski definition) is 1. The lowest BCUT2D eigenvalue weighted by Gasteiger charge is -2.42. The predicted molar refractivity (Wildman–Crippen MR) is 69.2 cm³/mol. The molecule has 0 amide bonds. The van der Waals surface area contributed by atoms with Gasteiger partial charge >= 0.3 is 0 Å². The Kier molecular flexibility index (Phi) is 3.90. The lowest BCUT2D eigenvalue weighted by Crippen LogP contribution is -2.44. The summed E-state index contributed by atoms with van der Waals surface area (Å²) in [6.45, 7) is 0. The van der Waals surface area contributed by atoms with E-state index in [0.717, 1.165) is 30.0 Å². The van der Waals surface area contributed by atoms with Crippen molar-refractivity contribution in [3.63, 3.8) is 0 Å². The van der Waals surface area contributed by atoms with E-state index in [1.165, 1.54) is 11.3 Å². The summed E-state index contributed by atoms with van der Waals surface area (Å²) in [5.74, 6) is 0. The van der Waals surface area contributed by atoms with Gasteiger partial charge in [0.15, 0.2) is 0 Å². The molecule has 1 heterocycles. The van der Waals surface area contributed by atoms with Gasteiger partial charge in [0.2, 0.25) is 0 Å². The van der Waals surface area contributed by atoms with Gasteiger partial charge in [-0.2, -0.15) is 0 Å². The maximum Gasteiger partial charge on any atom is 0.0931 e. The van der Waals surface area contributed by atoms with Gasteiger partial charge in [-0.3, -0.25) is 0 Å². The molecule has 0 bridgehead atoms. The minimum atomic E-state index is 0.0699. The molecule has 0 aromatic carbocycles. The molecule has 1 unspecified atom stereocenters. The zero-order chi connectivity index (χ0) is 11.6. The highest BCUT2D eigenvalue weighted by atomic mass is 35.5. The first-order valence-electron chi connectivity index (χ1n) is 5.68. The molecule has 0 spiro atoms. The molecule has 1 fully saturated rings. The number of thiophene rings is 1. The number of halogens is 1. The molecule has 1 aromatic heterocycles. The van der Waals surface area contributed by atoms with Gasteiger partial charge in [-0.25, -0.2) is 0 Å². The smallest absolute Gasteiger partial charge is 0.0931 e. The summed E-state index contributed by atoms with van der Waals surface area (Å²) in [4.78, 5) is 1.27. The minimum Gasteiger partial charge on any atom is -0.378 e. The van der Waals surface area contributed by atoms with E-state index in [9.17, 15) is 0 Å². The van der Waals surface area contributed by atoms with Crippen molar-refractivity contribution in [2.24, 2.45) is 5.73 Å². The molecule has 90 valence electrons. The van der Waals surface area contributed by atoms with Gasteiger partial charge in [-0.05, 0) is 44.2 Å². The van der Waals surface area contributed by atoms with Crippen LogP contribution in [-0.2, 0) is 11.2 Å². The Labute approximate surface area is 106 Å². The summed E-state index contributed by atoms with van der Waals surface area (Å²) in [5, 5.41) is 0. The normalized spacial score (nSPS) is 20.4. The molecule has 2 N–H and O–H groups in total. The molecule has 0 saturated heterocycles. The summed E-state index contributed by atoms with van der Waals surface area (Å²) in [7, 11) is 1.80. The van der Waals surface area contributed by atoms with Crippen LogP contribution in [-0.4, -0.2) is 18.8 Å². The van der Waals surface area contributed by atoms with E-state index in [4.69, 9.17) is 22.1 Å². The Morgan fingerprint density at radius 1 is 1.56 bits per heavy atom. The molecule has 4 heteroatoms. The first-order chi connectivity index (χ1) is 7.63. The lowest BCUT2D eigenvalue weighted by molar-refractivity contribution is -0.0813. The van der Waals surface area contributed by atoms with E-state index in [1.807, 2.05) is 6.07 Å². The number of nitrogens with two attached hydrogens (primary N) is 1. The molecule has 1 aliphatic carbocycles. The van der Waals surface area contributed by atoms with E-state index < -0.39 is 0 Å². The van der Waals surface area contributed by atoms with E-state index in [2.05, 4.69) is 6.07 Å². The Balaban J connectivity index is 1.86. The standard InChI is InChI=1S/C12H18ClNOS/c1-15-12(5-2-6-12)8-9(14)7-10-3-4-11(13)16-10/h3-4,9H,2,5-8,14H2,1H3. The fourth-order valence-electron chi connectivity index (χ4n) is 2.33. The molecule has 0 radical (unpaired) electrons. The summed E-state index contributed by atoms with van der Waals surface area (Å²) in [6.07, 6.45) is 5.44. The second-order valence-corrected chi connectivity index (χ2v) is 6.41. The first kappa shape index (κ1) is 12.4. The average Bonchev–Trinajstić information content (AvgIpc) is 2.57. The van der Waals surface area contributed by atoms with Gasteiger partial charge in [0, 0.05) is 18.0 Å². The van der Waals surface area contributed by atoms with Crippen molar-refractivity contribution in [2.75, 3.05) is 7.11 Å². The van der Waals surface area contributed by atoms with E-state index in [1.54, 1.807) is 18.4 Å². The van der Waals surface area contributed by atoms with Gasteiger partial charge in [0.05, 0.1) is 9.94 Å². The average molecular weight is 260 g/mol. The van der Waals surface area contributed by atoms with Crippen LogP contribution in [0.4, 0.5) is 0 Å². The molecular formula is C12H18ClNOS. The number of ether oxygens (including phenoxy) is 1. The quantitative estimate of drug-likeness (QED) is 0.881. The van der Waals surface area contributed by atoms with Crippen molar-refractivity contribution in [3.8, 4) is 0 Å². The second kappa shape index (κ2) is 5.05. The molecule has 0 aliphatic heterocycles. The van der Waals surface area contributed by atoms with Gasteiger partial charge in [0.25, 0.3) is 0 Å². The third-order valence-corrected chi connectivity index (χ3v) is 4.68. The Bertz CT molecular complexity index is 343. The highest BCUT2D eigenvalue weighted by Gasteiger charge is 2.38. The lowest BCUT2D eigenvalue weighted by atomic mass is 9.75. The van der Waals surface area contributed by atoms with Crippen LogP contribution in [0.3, 0.4) is 0 Å². The van der Waals surface area contributed by atoms with Crippen LogP contribution in [0, 0.1) is 0 Å². The van der Waals surface area contributed by atoms with Crippen LogP contribution in [0.1, 0.15) is 30.6 Å². The molecule has 1 aromatic rings. The van der Waals surface area contributed by atoms with Crippen molar-refractivity contribution in [2.45, 2.75) is 43.7 Å². The fourth-order valence-corrected chi connectivity index (χ4v) is 3.51. The van der Waals surface area contributed by atoms with E-state index in [0.29, 0.717) is 0 Å². The zero-order valence-electron chi connectivity index (χ0n) is 9.54. The highest BCUT2D eigenvalue weighted by molar-refractivity contribution is 7.16. The molecular weight excluding hydrogens is 242 g/mol. The number of methoxy groups -OCH3 is 1. The number of rotatable bonds is 5. The maximum atomic E-state index is 6.17. The van der Waals surface area contributed by atoms with Crippen LogP contribution >= 0.6 is 22.9 Å². The Hall–Kier alpha value is -0.0900. The van der Waals surface area contributed by atoms with Crippen molar-refractivity contribution in [1.29, 1.82) is 0 Å². The first-order valence-corrected chi connectivity index (χ1v) is 6.88. The molecule has 2 rings (SSSR count). The van der Waals surface area contributed by atoms with Gasteiger partial charge < -0.3 is 10.5 Å². The van der Waals surface area contributed by atoms with Gasteiger partial charge in [0.1, 0.15) is 0 Å². The molecule has 16 heavy (non-hydrogen) atoms. The topological polar surface area (TPSA) is 35.2 Å². The van der Waals surface area contributed by atoms with Crippen molar-refractivity contribution in [3.05, 3.63) is 21.3 Å². The van der Waals surface area contributed by atoms with Crippen molar-refractivity contribution >= 4 is 22.9 Å². The maximum absolute atomic E-state index is 6.17. The van der Waals surface area contributed by atoms with Crippen LogP contribution in [0.25, 0.3) is 0 Å². The fraction of sp³-hybridized carbons (Fsp3) is 0.667. The number of hydrogen-bond acceptors (Lipinski definition) is 3. The van der Waals surface area contributed by atoms with Crippen molar-refractivity contribution in [1.82, 2.24) is 0 Å². The molecule has 1 saturated carbocycles. The second-order valence-electron chi connectivity index (χ2n) is 4.61. The largest absolute Gasteiger partial charge is 0.378 e. The van der Waals surface area contributed by atoms with Crippen LogP contribution < -0.4 is 5.73 Å². The minimum absolute atomic E-state index is 0.0699.